The molecule has 0 bridgehead atoms. The van der Waals surface area contributed by atoms with E-state index in [1.54, 1.807) is 38.5 Å². The molecule has 1 aliphatic rings. The largest absolute Gasteiger partial charge is 0.383 e. The van der Waals surface area contributed by atoms with Gasteiger partial charge in [0, 0.05) is 46.5 Å². The van der Waals surface area contributed by atoms with E-state index in [1.165, 1.54) is 11.8 Å². The molecule has 8 nitrogen and oxygen atoms in total. The van der Waals surface area contributed by atoms with E-state index >= 15 is 0 Å². The average molecular weight is 418 g/mol. The zero-order valence-corrected chi connectivity index (χ0v) is 18.2. The number of nitrogens with zero attached hydrogens (tertiary/aromatic N) is 2. The first-order valence-electron chi connectivity index (χ1n) is 10.2. The predicted molar refractivity (Wildman–Crippen MR) is 115 cm³/mol. The van der Waals surface area contributed by atoms with Crippen LogP contribution in [0.5, 0.6) is 0 Å². The van der Waals surface area contributed by atoms with Crippen molar-refractivity contribution in [1.82, 2.24) is 9.80 Å². The van der Waals surface area contributed by atoms with Crippen LogP contribution in [0.1, 0.15) is 32.3 Å². The van der Waals surface area contributed by atoms with Crippen LogP contribution in [0.3, 0.4) is 0 Å². The Labute approximate surface area is 177 Å². The Kier molecular flexibility index (Phi) is 9.01. The molecule has 1 N–H and O–H groups in total. The lowest BCUT2D eigenvalue weighted by Gasteiger charge is -2.25. The molecule has 3 amide bonds. The van der Waals surface area contributed by atoms with Crippen molar-refractivity contribution in [3.63, 3.8) is 0 Å². The summed E-state index contributed by atoms with van der Waals surface area (Å²) >= 11 is 0. The van der Waals surface area contributed by atoms with Gasteiger partial charge in [-0.3, -0.25) is 19.3 Å². The van der Waals surface area contributed by atoms with Gasteiger partial charge in [-0.05, 0) is 24.1 Å². The average Bonchev–Trinajstić information content (AvgIpc) is 2.97. The first-order valence-corrected chi connectivity index (χ1v) is 10.2. The standard InChI is InChI=1S/C22H31N3O5/c1-5-6-11-25-21(27)19(17-7-9-18(10-8-17)23-16(2)26)20(22(25)28)24(12-14-29-3)13-15-30-4/h7-10H,5-6,11-15H2,1-4H3,(H,23,26). The van der Waals surface area contributed by atoms with Gasteiger partial charge in [-0.15, -0.1) is 0 Å². The van der Waals surface area contributed by atoms with Crippen molar-refractivity contribution in [3.05, 3.63) is 35.5 Å². The maximum Gasteiger partial charge on any atom is 0.277 e. The van der Waals surface area contributed by atoms with Crippen molar-refractivity contribution < 1.29 is 23.9 Å². The second kappa shape index (κ2) is 11.5. The third kappa shape index (κ3) is 5.67. The minimum absolute atomic E-state index is 0.175. The van der Waals surface area contributed by atoms with Crippen LogP contribution in [-0.2, 0) is 23.9 Å². The number of unbranched alkanes of at least 4 members (excludes halogenated alkanes) is 1. The summed E-state index contributed by atoms with van der Waals surface area (Å²) in [5, 5.41) is 2.71. The van der Waals surface area contributed by atoms with Crippen LogP contribution in [0.25, 0.3) is 5.57 Å². The number of methoxy groups -OCH3 is 2. The Morgan fingerprint density at radius 2 is 1.63 bits per heavy atom. The zero-order valence-electron chi connectivity index (χ0n) is 18.2. The van der Waals surface area contributed by atoms with E-state index in [1.807, 2.05) is 11.8 Å². The minimum Gasteiger partial charge on any atom is -0.383 e. The number of carbonyl (C=O) groups excluding carboxylic acids is 3. The van der Waals surface area contributed by atoms with Gasteiger partial charge < -0.3 is 19.7 Å². The molecule has 0 aromatic heterocycles. The smallest absolute Gasteiger partial charge is 0.277 e. The fourth-order valence-electron chi connectivity index (χ4n) is 3.30. The number of amides is 3. The summed E-state index contributed by atoms with van der Waals surface area (Å²) in [6.45, 7) is 5.59. The molecule has 164 valence electrons. The van der Waals surface area contributed by atoms with Crippen LogP contribution in [-0.4, -0.2) is 74.6 Å². The van der Waals surface area contributed by atoms with Crippen LogP contribution in [0.15, 0.2) is 30.0 Å². The normalized spacial score (nSPS) is 13.9. The Morgan fingerprint density at radius 1 is 1.03 bits per heavy atom. The molecule has 0 saturated carbocycles. The van der Waals surface area contributed by atoms with Crippen molar-refractivity contribution in [2.75, 3.05) is 52.4 Å². The Morgan fingerprint density at radius 3 is 2.13 bits per heavy atom. The molecule has 2 rings (SSSR count). The Bertz CT molecular complexity index is 780. The van der Waals surface area contributed by atoms with Crippen LogP contribution in [0.4, 0.5) is 5.69 Å². The second-order valence-electron chi connectivity index (χ2n) is 7.07. The van der Waals surface area contributed by atoms with Gasteiger partial charge in [-0.25, -0.2) is 0 Å². The quantitative estimate of drug-likeness (QED) is 0.524. The molecule has 1 aliphatic heterocycles. The molecule has 8 heteroatoms. The summed E-state index contributed by atoms with van der Waals surface area (Å²) in [7, 11) is 3.19. The number of imide groups is 1. The van der Waals surface area contributed by atoms with Gasteiger partial charge in [0.2, 0.25) is 5.91 Å². The van der Waals surface area contributed by atoms with Gasteiger partial charge in [-0.1, -0.05) is 25.5 Å². The number of hydrogen-bond acceptors (Lipinski definition) is 6. The summed E-state index contributed by atoms with van der Waals surface area (Å²) in [6, 6.07) is 6.95. The fraction of sp³-hybridized carbons (Fsp3) is 0.500. The lowest BCUT2D eigenvalue weighted by Crippen LogP contribution is -2.38. The fourth-order valence-corrected chi connectivity index (χ4v) is 3.30. The highest BCUT2D eigenvalue weighted by atomic mass is 16.5. The van der Waals surface area contributed by atoms with E-state index in [0.717, 1.165) is 12.8 Å². The van der Waals surface area contributed by atoms with Crippen LogP contribution in [0.2, 0.25) is 0 Å². The third-order valence-electron chi connectivity index (χ3n) is 4.82. The van der Waals surface area contributed by atoms with E-state index in [0.29, 0.717) is 55.4 Å². The van der Waals surface area contributed by atoms with Crippen LogP contribution >= 0.6 is 0 Å². The monoisotopic (exact) mass is 417 g/mol. The Hall–Kier alpha value is -2.71. The van der Waals surface area contributed by atoms with Gasteiger partial charge in [0.05, 0.1) is 18.8 Å². The topological polar surface area (TPSA) is 88.2 Å². The molecule has 1 aromatic carbocycles. The SMILES string of the molecule is CCCCN1C(=O)C(c2ccc(NC(C)=O)cc2)=C(N(CCOC)CCOC)C1=O. The molecule has 30 heavy (non-hydrogen) atoms. The van der Waals surface area contributed by atoms with E-state index < -0.39 is 0 Å². The maximum absolute atomic E-state index is 13.3. The van der Waals surface area contributed by atoms with Crippen molar-refractivity contribution in [2.45, 2.75) is 26.7 Å². The van der Waals surface area contributed by atoms with Crippen molar-refractivity contribution in [2.24, 2.45) is 0 Å². The number of anilines is 1. The van der Waals surface area contributed by atoms with Crippen molar-refractivity contribution in [3.8, 4) is 0 Å². The number of benzene rings is 1. The second-order valence-corrected chi connectivity index (χ2v) is 7.07. The van der Waals surface area contributed by atoms with E-state index in [2.05, 4.69) is 5.32 Å². The van der Waals surface area contributed by atoms with Gasteiger partial charge in [0.25, 0.3) is 11.8 Å². The lowest BCUT2D eigenvalue weighted by atomic mass is 10.0. The minimum atomic E-state index is -0.296. The van der Waals surface area contributed by atoms with Crippen LogP contribution < -0.4 is 5.32 Å². The van der Waals surface area contributed by atoms with Gasteiger partial charge >= 0.3 is 0 Å². The zero-order chi connectivity index (χ0) is 22.1. The van der Waals surface area contributed by atoms with Gasteiger partial charge in [0.15, 0.2) is 0 Å². The molecule has 1 heterocycles. The molecular formula is C22H31N3O5. The molecule has 0 saturated heterocycles. The molecule has 0 unspecified atom stereocenters. The molecule has 0 fully saturated rings. The van der Waals surface area contributed by atoms with Crippen molar-refractivity contribution in [1.29, 1.82) is 0 Å². The molecule has 0 aliphatic carbocycles. The van der Waals surface area contributed by atoms with E-state index in [4.69, 9.17) is 9.47 Å². The number of carbonyl (C=O) groups is 3. The maximum atomic E-state index is 13.3. The summed E-state index contributed by atoms with van der Waals surface area (Å²) in [5.74, 6) is -0.761. The summed E-state index contributed by atoms with van der Waals surface area (Å²) in [4.78, 5) is 40.9. The molecule has 0 atom stereocenters. The van der Waals surface area contributed by atoms with E-state index in [-0.39, 0.29) is 17.7 Å². The number of hydrogen-bond donors (Lipinski definition) is 1. The Balaban J connectivity index is 2.48. The highest BCUT2D eigenvalue weighted by Crippen LogP contribution is 2.32. The number of nitrogens with one attached hydrogen (secondary N) is 1. The molecule has 1 aromatic rings. The first kappa shape index (κ1) is 23.6. The first-order chi connectivity index (χ1) is 14.4. The molecule has 0 spiro atoms. The number of rotatable bonds is 12. The van der Waals surface area contributed by atoms with Gasteiger partial charge in [-0.2, -0.15) is 0 Å². The van der Waals surface area contributed by atoms with Crippen molar-refractivity contribution >= 4 is 29.0 Å². The molecule has 0 radical (unpaired) electrons. The third-order valence-corrected chi connectivity index (χ3v) is 4.82. The summed E-state index contributed by atoms with van der Waals surface area (Å²) in [6.07, 6.45) is 1.62. The van der Waals surface area contributed by atoms with Gasteiger partial charge in [0.1, 0.15) is 5.70 Å². The molecular weight excluding hydrogens is 386 g/mol. The summed E-state index contributed by atoms with van der Waals surface area (Å²) < 4.78 is 10.4. The lowest BCUT2D eigenvalue weighted by molar-refractivity contribution is -0.137. The van der Waals surface area contributed by atoms with E-state index in [9.17, 15) is 14.4 Å². The summed E-state index contributed by atoms with van der Waals surface area (Å²) in [5.41, 5.74) is 2.01. The predicted octanol–water partition coefficient (Wildman–Crippen LogP) is 2.12. The highest BCUT2D eigenvalue weighted by Gasteiger charge is 2.41. The van der Waals surface area contributed by atoms with Crippen LogP contribution in [0, 0.1) is 0 Å². The number of ether oxygens (including phenoxy) is 2. The highest BCUT2D eigenvalue weighted by molar-refractivity contribution is 6.35.